The summed E-state index contributed by atoms with van der Waals surface area (Å²) in [5.74, 6) is 0.984. The summed E-state index contributed by atoms with van der Waals surface area (Å²) in [6.45, 7) is 8.42. The summed E-state index contributed by atoms with van der Waals surface area (Å²) in [6, 6.07) is 21.4. The van der Waals surface area contributed by atoms with Crippen LogP contribution in [0.4, 0.5) is 26.2 Å². The summed E-state index contributed by atoms with van der Waals surface area (Å²) in [7, 11) is 5.39. The molecule has 228 valence electrons. The molecule has 5 rings (SSSR count). The molecule has 0 spiro atoms. The van der Waals surface area contributed by atoms with Crippen LogP contribution in [0.2, 0.25) is 0 Å². The lowest BCUT2D eigenvalue weighted by Gasteiger charge is -2.33. The Bertz CT molecular complexity index is 1750. The predicted octanol–water partition coefficient (Wildman–Crippen LogP) is 8.67. The van der Waals surface area contributed by atoms with Crippen molar-refractivity contribution in [3.63, 3.8) is 0 Å². The monoisotopic (exact) mass is 595 g/mol. The van der Waals surface area contributed by atoms with Gasteiger partial charge in [-0.15, -0.1) is 0 Å². The van der Waals surface area contributed by atoms with Gasteiger partial charge in [-0.3, -0.25) is 5.32 Å². The third-order valence-corrected chi connectivity index (χ3v) is 7.56. The number of halogens is 1. The molecule has 1 aliphatic rings. The number of aryl methyl sites for hydroxylation is 1. The quantitative estimate of drug-likeness (QED) is 0.212. The van der Waals surface area contributed by atoms with Gasteiger partial charge >= 0.3 is 6.09 Å². The van der Waals surface area contributed by atoms with Gasteiger partial charge in [0.15, 0.2) is 0 Å². The van der Waals surface area contributed by atoms with Crippen molar-refractivity contribution in [2.75, 3.05) is 36.7 Å². The molecule has 4 aromatic rings. The highest BCUT2D eigenvalue weighted by atomic mass is 19.1. The Morgan fingerprint density at radius 3 is 2.45 bits per heavy atom. The number of nitrogens with one attached hydrogen (secondary N) is 2. The van der Waals surface area contributed by atoms with Gasteiger partial charge in [0, 0.05) is 48.6 Å². The van der Waals surface area contributed by atoms with E-state index in [4.69, 9.17) is 14.2 Å². The number of amides is 1. The van der Waals surface area contributed by atoms with Crippen LogP contribution in [0.25, 0.3) is 16.7 Å². The molecular formula is C36H38FN3O4. The van der Waals surface area contributed by atoms with Gasteiger partial charge in [0.25, 0.3) is 0 Å². The zero-order valence-corrected chi connectivity index (χ0v) is 26.2. The van der Waals surface area contributed by atoms with E-state index in [0.29, 0.717) is 22.9 Å². The highest BCUT2D eigenvalue weighted by Gasteiger charge is 2.27. The fourth-order valence-corrected chi connectivity index (χ4v) is 5.65. The van der Waals surface area contributed by atoms with Crippen molar-refractivity contribution >= 4 is 28.7 Å². The largest absolute Gasteiger partial charge is 0.496 e. The third kappa shape index (κ3) is 6.49. The summed E-state index contributed by atoms with van der Waals surface area (Å²) in [5.41, 5.74) is 7.84. The van der Waals surface area contributed by atoms with Gasteiger partial charge in [0.05, 0.1) is 24.0 Å². The van der Waals surface area contributed by atoms with Crippen LogP contribution in [0.5, 0.6) is 17.2 Å². The SMILES string of the molecule is COc1cc(OC(=O)Nc2ccccc2N(C)C)ccc1-c1ccc2c(c1COc1cc(F)ccc1C)C(C)=CC(C)(C)N2. The second-order valence-corrected chi connectivity index (χ2v) is 11.7. The molecule has 0 fully saturated rings. The average molecular weight is 596 g/mol. The van der Waals surface area contributed by atoms with Crippen LogP contribution in [-0.2, 0) is 6.61 Å². The molecule has 0 aromatic heterocycles. The maximum absolute atomic E-state index is 14.1. The number of benzene rings is 4. The van der Waals surface area contributed by atoms with E-state index in [1.807, 2.05) is 62.3 Å². The molecule has 0 saturated heterocycles. The second-order valence-electron chi connectivity index (χ2n) is 11.7. The van der Waals surface area contributed by atoms with Gasteiger partial charge in [-0.25, -0.2) is 9.18 Å². The summed E-state index contributed by atoms with van der Waals surface area (Å²) >= 11 is 0. The molecule has 7 nitrogen and oxygen atoms in total. The van der Waals surface area contributed by atoms with E-state index in [1.165, 1.54) is 12.1 Å². The third-order valence-electron chi connectivity index (χ3n) is 7.56. The Balaban J connectivity index is 1.50. The van der Waals surface area contributed by atoms with Gasteiger partial charge in [-0.2, -0.15) is 0 Å². The number of carbonyl (C=O) groups excluding carboxylic acids is 1. The molecule has 0 unspecified atom stereocenters. The number of methoxy groups -OCH3 is 1. The summed E-state index contributed by atoms with van der Waals surface area (Å²) in [5, 5.41) is 6.42. The van der Waals surface area contributed by atoms with Crippen LogP contribution in [0.15, 0.2) is 78.9 Å². The number of para-hydroxylation sites is 2. The van der Waals surface area contributed by atoms with Gasteiger partial charge in [-0.1, -0.05) is 30.3 Å². The highest BCUT2D eigenvalue weighted by Crippen LogP contribution is 2.43. The number of hydrogen-bond acceptors (Lipinski definition) is 6. The number of hydrogen-bond donors (Lipinski definition) is 2. The van der Waals surface area contributed by atoms with Gasteiger partial charge in [0.1, 0.15) is 29.7 Å². The van der Waals surface area contributed by atoms with Crippen molar-refractivity contribution in [1.82, 2.24) is 0 Å². The fraction of sp³-hybridized carbons (Fsp3) is 0.250. The van der Waals surface area contributed by atoms with E-state index in [-0.39, 0.29) is 18.0 Å². The lowest BCUT2D eigenvalue weighted by Crippen LogP contribution is -2.32. The molecule has 44 heavy (non-hydrogen) atoms. The van der Waals surface area contributed by atoms with Crippen LogP contribution in [0, 0.1) is 12.7 Å². The van der Waals surface area contributed by atoms with Crippen molar-refractivity contribution in [3.8, 4) is 28.4 Å². The Labute approximate surface area is 258 Å². The molecule has 2 N–H and O–H groups in total. The number of fused-ring (bicyclic) bond motifs is 1. The van der Waals surface area contributed by atoms with Gasteiger partial charge < -0.3 is 24.4 Å². The lowest BCUT2D eigenvalue weighted by atomic mass is 9.85. The van der Waals surface area contributed by atoms with Crippen molar-refractivity contribution in [1.29, 1.82) is 0 Å². The van der Waals surface area contributed by atoms with E-state index in [9.17, 15) is 9.18 Å². The summed E-state index contributed by atoms with van der Waals surface area (Å²) in [4.78, 5) is 14.7. The maximum Gasteiger partial charge on any atom is 0.417 e. The molecule has 0 saturated carbocycles. The van der Waals surface area contributed by atoms with Crippen molar-refractivity contribution < 1.29 is 23.4 Å². The topological polar surface area (TPSA) is 72.1 Å². The Kier molecular flexibility index (Phi) is 8.54. The Hall–Kier alpha value is -4.98. The minimum atomic E-state index is -0.614. The first-order chi connectivity index (χ1) is 21.0. The van der Waals surface area contributed by atoms with E-state index < -0.39 is 6.09 Å². The first-order valence-electron chi connectivity index (χ1n) is 14.4. The lowest BCUT2D eigenvalue weighted by molar-refractivity contribution is 0.215. The number of nitrogens with zero attached hydrogens (tertiary/aromatic N) is 1. The van der Waals surface area contributed by atoms with E-state index in [1.54, 1.807) is 25.3 Å². The zero-order chi connectivity index (χ0) is 31.6. The van der Waals surface area contributed by atoms with Crippen LogP contribution < -0.4 is 29.7 Å². The smallest absolute Gasteiger partial charge is 0.417 e. The molecule has 0 bridgehead atoms. The number of carbonyl (C=O) groups is 1. The standard InChI is InChI=1S/C36H38FN3O4/c1-22-12-13-24(37)18-32(22)43-21-28-26(16-17-30-34(28)23(2)20-36(3,4)39-30)27-15-14-25(19-33(27)42-7)44-35(41)38-29-10-8-9-11-31(29)40(5)6/h8-20,39H,21H2,1-7H3,(H,38,41). The van der Waals surface area contributed by atoms with E-state index in [2.05, 4.69) is 43.5 Å². The molecule has 0 aliphatic carbocycles. The second kappa shape index (κ2) is 12.3. The minimum absolute atomic E-state index is 0.200. The molecule has 4 aromatic carbocycles. The van der Waals surface area contributed by atoms with Crippen LogP contribution in [0.3, 0.4) is 0 Å². The van der Waals surface area contributed by atoms with Crippen LogP contribution in [-0.4, -0.2) is 32.8 Å². The van der Waals surface area contributed by atoms with Crippen molar-refractivity contribution in [2.24, 2.45) is 0 Å². The number of ether oxygens (including phenoxy) is 3. The number of anilines is 3. The molecule has 1 aliphatic heterocycles. The van der Waals surface area contributed by atoms with Gasteiger partial charge in [0.2, 0.25) is 0 Å². The van der Waals surface area contributed by atoms with Crippen molar-refractivity contribution in [3.05, 3.63) is 101 Å². The summed E-state index contributed by atoms with van der Waals surface area (Å²) in [6.07, 6.45) is 1.58. The fourth-order valence-electron chi connectivity index (χ4n) is 5.65. The average Bonchev–Trinajstić information content (AvgIpc) is 2.97. The van der Waals surface area contributed by atoms with Gasteiger partial charge in [-0.05, 0) is 80.8 Å². The molecule has 1 heterocycles. The number of rotatable bonds is 8. The first-order valence-corrected chi connectivity index (χ1v) is 14.4. The van der Waals surface area contributed by atoms with E-state index in [0.717, 1.165) is 44.8 Å². The molecule has 0 atom stereocenters. The zero-order valence-electron chi connectivity index (χ0n) is 26.2. The van der Waals surface area contributed by atoms with E-state index >= 15 is 0 Å². The normalized spacial score (nSPS) is 13.2. The molecule has 1 amide bonds. The van der Waals surface area contributed by atoms with Crippen molar-refractivity contribution in [2.45, 2.75) is 39.8 Å². The summed E-state index contributed by atoms with van der Waals surface area (Å²) < 4.78 is 31.8. The molecule has 8 heteroatoms. The maximum atomic E-state index is 14.1. The highest BCUT2D eigenvalue weighted by molar-refractivity contribution is 5.91. The Morgan fingerprint density at radius 1 is 0.955 bits per heavy atom. The van der Waals surface area contributed by atoms with Crippen LogP contribution in [0.1, 0.15) is 37.5 Å². The molecule has 0 radical (unpaired) electrons. The first kappa shape index (κ1) is 30.5. The predicted molar refractivity (Wildman–Crippen MR) is 176 cm³/mol. The minimum Gasteiger partial charge on any atom is -0.496 e. The Morgan fingerprint density at radius 2 is 1.70 bits per heavy atom. The van der Waals surface area contributed by atoms with Crippen LogP contribution >= 0.6 is 0 Å². The molecular weight excluding hydrogens is 557 g/mol. The number of allylic oxidation sites excluding steroid dienone is 1.